The molecule has 0 saturated carbocycles. The maximum Gasteiger partial charge on any atom is 0.230 e. The standard InChI is InChI=1S/C21H21FN2O3/c1-20(2)11-21(9-14(10-23)18(20)25)12-24(5-6-27-21)19(26)17-7-13-3-4-15(22)8-16(13)17/h3-4,8-9,17H,5-7,11-12H2,1-2H3. The molecule has 1 heterocycles. The third kappa shape index (κ3) is 2.87. The molecule has 1 aromatic rings. The number of amides is 1. The summed E-state index contributed by atoms with van der Waals surface area (Å²) >= 11 is 0. The number of hydrogen-bond donors (Lipinski definition) is 0. The number of nitrogens with zero attached hydrogens (tertiary/aromatic N) is 2. The maximum absolute atomic E-state index is 13.5. The van der Waals surface area contributed by atoms with Crippen LogP contribution in [0.2, 0.25) is 0 Å². The van der Waals surface area contributed by atoms with Gasteiger partial charge in [0.1, 0.15) is 17.5 Å². The van der Waals surface area contributed by atoms with Crippen LogP contribution in [-0.2, 0) is 20.7 Å². The molecule has 1 amide bonds. The van der Waals surface area contributed by atoms with E-state index in [0.29, 0.717) is 32.5 Å². The monoisotopic (exact) mass is 368 g/mol. The highest BCUT2D eigenvalue weighted by atomic mass is 19.1. The number of carbonyl (C=O) groups excluding carboxylic acids is 2. The Balaban J connectivity index is 1.59. The Morgan fingerprint density at radius 3 is 2.93 bits per heavy atom. The van der Waals surface area contributed by atoms with Crippen LogP contribution in [0.5, 0.6) is 0 Å². The van der Waals surface area contributed by atoms with E-state index in [1.54, 1.807) is 30.9 Å². The SMILES string of the molecule is CC1(C)CC2(C=C(C#N)C1=O)CN(C(=O)C1Cc3ccc(F)cc31)CCO2. The molecule has 1 saturated heterocycles. The Bertz CT molecular complexity index is 914. The number of morpholine rings is 1. The largest absolute Gasteiger partial charge is 0.367 e. The molecule has 0 aromatic heterocycles. The number of carbonyl (C=O) groups is 2. The van der Waals surface area contributed by atoms with Crippen molar-refractivity contribution in [2.24, 2.45) is 5.41 Å². The quantitative estimate of drug-likeness (QED) is 0.764. The van der Waals surface area contributed by atoms with Crippen LogP contribution >= 0.6 is 0 Å². The first-order chi connectivity index (χ1) is 12.7. The van der Waals surface area contributed by atoms with Crippen molar-refractivity contribution in [2.75, 3.05) is 19.7 Å². The van der Waals surface area contributed by atoms with Gasteiger partial charge < -0.3 is 9.64 Å². The number of allylic oxidation sites excluding steroid dienone is 1. The predicted octanol–water partition coefficient (Wildman–Crippen LogP) is 2.51. The minimum atomic E-state index is -0.828. The highest BCUT2D eigenvalue weighted by molar-refractivity contribution is 6.04. The number of ketones is 1. The molecule has 140 valence electrons. The summed E-state index contributed by atoms with van der Waals surface area (Å²) < 4.78 is 19.5. The van der Waals surface area contributed by atoms with Crippen LogP contribution in [-0.4, -0.2) is 41.9 Å². The molecule has 2 aliphatic carbocycles. The molecule has 0 radical (unpaired) electrons. The van der Waals surface area contributed by atoms with Crippen molar-refractivity contribution in [1.29, 1.82) is 5.26 Å². The number of nitriles is 1. The number of hydrogen-bond acceptors (Lipinski definition) is 4. The molecule has 1 fully saturated rings. The van der Waals surface area contributed by atoms with Crippen LogP contribution in [0.25, 0.3) is 0 Å². The van der Waals surface area contributed by atoms with Gasteiger partial charge in [-0.3, -0.25) is 9.59 Å². The summed E-state index contributed by atoms with van der Waals surface area (Å²) in [5.41, 5.74) is 0.307. The number of rotatable bonds is 1. The molecule has 1 aliphatic heterocycles. The Kier molecular flexibility index (Phi) is 3.97. The lowest BCUT2D eigenvalue weighted by atomic mass is 9.69. The number of Topliss-reactive ketones (excluding diaryl/α,β-unsaturated/α-hetero) is 1. The van der Waals surface area contributed by atoms with Crippen LogP contribution in [0.1, 0.15) is 37.3 Å². The van der Waals surface area contributed by atoms with E-state index in [4.69, 9.17) is 4.74 Å². The molecular formula is C21H21FN2O3. The first-order valence-corrected chi connectivity index (χ1v) is 9.13. The third-order valence-corrected chi connectivity index (χ3v) is 5.85. The number of benzene rings is 1. The van der Waals surface area contributed by atoms with Crippen LogP contribution in [0.3, 0.4) is 0 Å². The molecule has 1 aromatic carbocycles. The van der Waals surface area contributed by atoms with Gasteiger partial charge >= 0.3 is 0 Å². The van der Waals surface area contributed by atoms with Gasteiger partial charge in [0.15, 0.2) is 5.78 Å². The fourth-order valence-corrected chi connectivity index (χ4v) is 4.56. The molecule has 4 rings (SSSR count). The molecule has 0 bridgehead atoms. The fraction of sp³-hybridized carbons (Fsp3) is 0.476. The van der Waals surface area contributed by atoms with Gasteiger partial charge in [0.25, 0.3) is 0 Å². The van der Waals surface area contributed by atoms with Gasteiger partial charge in [-0.15, -0.1) is 0 Å². The zero-order valence-corrected chi connectivity index (χ0v) is 15.4. The van der Waals surface area contributed by atoms with Gasteiger partial charge in [0.05, 0.1) is 24.6 Å². The van der Waals surface area contributed by atoms with Gasteiger partial charge in [-0.05, 0) is 42.2 Å². The lowest BCUT2D eigenvalue weighted by Gasteiger charge is -2.47. The predicted molar refractivity (Wildman–Crippen MR) is 95.2 cm³/mol. The Morgan fingerprint density at radius 2 is 2.19 bits per heavy atom. The summed E-state index contributed by atoms with van der Waals surface area (Å²) in [6, 6.07) is 6.56. The lowest BCUT2D eigenvalue weighted by Crippen LogP contribution is -2.58. The fourth-order valence-electron chi connectivity index (χ4n) is 4.56. The summed E-state index contributed by atoms with van der Waals surface area (Å²) in [7, 11) is 0. The van der Waals surface area contributed by atoms with Crippen molar-refractivity contribution in [1.82, 2.24) is 4.90 Å². The summed E-state index contributed by atoms with van der Waals surface area (Å²) in [5.74, 6) is -0.897. The van der Waals surface area contributed by atoms with E-state index in [9.17, 15) is 19.2 Å². The molecule has 3 aliphatic rings. The summed E-state index contributed by atoms with van der Waals surface area (Å²) in [6.45, 7) is 4.70. The van der Waals surface area contributed by atoms with E-state index in [0.717, 1.165) is 11.1 Å². The van der Waals surface area contributed by atoms with E-state index < -0.39 is 11.0 Å². The van der Waals surface area contributed by atoms with Gasteiger partial charge in [0, 0.05) is 12.0 Å². The van der Waals surface area contributed by atoms with Crippen LogP contribution in [0.4, 0.5) is 4.39 Å². The smallest absolute Gasteiger partial charge is 0.230 e. The first kappa shape index (κ1) is 17.9. The molecule has 2 atom stereocenters. The zero-order valence-electron chi connectivity index (χ0n) is 15.4. The molecule has 5 nitrogen and oxygen atoms in total. The number of fused-ring (bicyclic) bond motifs is 1. The Hall–Kier alpha value is -2.52. The molecule has 27 heavy (non-hydrogen) atoms. The second kappa shape index (κ2) is 6.00. The van der Waals surface area contributed by atoms with E-state index in [1.165, 1.54) is 12.1 Å². The highest BCUT2D eigenvalue weighted by Gasteiger charge is 2.49. The van der Waals surface area contributed by atoms with Crippen LogP contribution in [0.15, 0.2) is 29.8 Å². The minimum absolute atomic E-state index is 0.0441. The zero-order chi connectivity index (χ0) is 19.4. The van der Waals surface area contributed by atoms with Gasteiger partial charge in [-0.2, -0.15) is 5.26 Å². The first-order valence-electron chi connectivity index (χ1n) is 9.13. The normalized spacial score (nSPS) is 28.8. The van der Waals surface area contributed by atoms with Crippen molar-refractivity contribution >= 4 is 11.7 Å². The number of halogens is 1. The molecule has 2 unspecified atom stereocenters. The molecule has 6 heteroatoms. The second-order valence-electron chi connectivity index (χ2n) is 8.33. The molecule has 0 N–H and O–H groups in total. The second-order valence-corrected chi connectivity index (χ2v) is 8.33. The minimum Gasteiger partial charge on any atom is -0.367 e. The van der Waals surface area contributed by atoms with E-state index >= 15 is 0 Å². The van der Waals surface area contributed by atoms with Crippen LogP contribution in [0, 0.1) is 22.6 Å². The molecular weight excluding hydrogens is 347 g/mol. The molecule has 1 spiro atoms. The lowest BCUT2D eigenvalue weighted by molar-refractivity contribution is -0.153. The summed E-state index contributed by atoms with van der Waals surface area (Å²) in [4.78, 5) is 27.2. The summed E-state index contributed by atoms with van der Waals surface area (Å²) in [6.07, 6.45) is 2.63. The van der Waals surface area contributed by atoms with E-state index in [2.05, 4.69) is 0 Å². The van der Waals surface area contributed by atoms with Crippen molar-refractivity contribution in [3.05, 3.63) is 46.8 Å². The average molecular weight is 368 g/mol. The topological polar surface area (TPSA) is 70.4 Å². The van der Waals surface area contributed by atoms with E-state index in [-0.39, 0.29) is 29.0 Å². The van der Waals surface area contributed by atoms with Crippen LogP contribution < -0.4 is 0 Å². The van der Waals surface area contributed by atoms with Crippen molar-refractivity contribution in [3.8, 4) is 6.07 Å². The average Bonchev–Trinajstić information content (AvgIpc) is 2.60. The maximum atomic E-state index is 13.5. The summed E-state index contributed by atoms with van der Waals surface area (Å²) in [5, 5.41) is 9.34. The van der Waals surface area contributed by atoms with Crippen molar-refractivity contribution < 1.29 is 18.7 Å². The Labute approximate surface area is 157 Å². The van der Waals surface area contributed by atoms with Crippen molar-refractivity contribution in [2.45, 2.75) is 38.2 Å². The van der Waals surface area contributed by atoms with E-state index in [1.807, 2.05) is 6.07 Å². The third-order valence-electron chi connectivity index (χ3n) is 5.85. The Morgan fingerprint density at radius 1 is 1.41 bits per heavy atom. The van der Waals surface area contributed by atoms with Gasteiger partial charge in [-0.1, -0.05) is 19.9 Å². The number of ether oxygens (including phenoxy) is 1. The van der Waals surface area contributed by atoms with Crippen molar-refractivity contribution in [3.63, 3.8) is 0 Å². The van der Waals surface area contributed by atoms with Gasteiger partial charge in [-0.25, -0.2) is 4.39 Å². The van der Waals surface area contributed by atoms with Gasteiger partial charge in [0.2, 0.25) is 5.91 Å². The highest BCUT2D eigenvalue weighted by Crippen LogP contribution is 2.43.